The van der Waals surface area contributed by atoms with Gasteiger partial charge >= 0.3 is 0 Å². The highest BCUT2D eigenvalue weighted by molar-refractivity contribution is 5.91. The molecule has 0 bridgehead atoms. The normalized spacial score (nSPS) is 12.4. The Balaban J connectivity index is 1.78. The minimum atomic E-state index is -2.53. The lowest BCUT2D eigenvalue weighted by Gasteiger charge is -2.17. The Kier molecular flexibility index (Phi) is 4.84. The topological polar surface area (TPSA) is 75.6 Å². The standard InChI is InChI=1S/C21H19F2N5O/c1-12(13-5-3-6-14(9-13)19(22)23)26-20-16-10-15(17-7-4-8-24-17)21(29)28(2)18(16)11-25-27-20/h3-12,19,24H,1-2H3,(H,26,27)/t12-/m1/s1. The number of aryl methyl sites for hydroxylation is 1. The molecule has 8 heteroatoms. The van der Waals surface area contributed by atoms with Crippen LogP contribution in [-0.2, 0) is 7.05 Å². The number of nitrogens with zero attached hydrogens (tertiary/aromatic N) is 3. The maximum atomic E-state index is 13.0. The molecule has 0 radical (unpaired) electrons. The van der Waals surface area contributed by atoms with Crippen LogP contribution in [0.25, 0.3) is 22.2 Å². The molecule has 0 amide bonds. The van der Waals surface area contributed by atoms with Crippen molar-refractivity contribution in [3.63, 3.8) is 0 Å². The van der Waals surface area contributed by atoms with Crippen LogP contribution in [0.5, 0.6) is 0 Å². The Morgan fingerprint density at radius 1 is 1.14 bits per heavy atom. The van der Waals surface area contributed by atoms with Gasteiger partial charge in [-0.25, -0.2) is 8.78 Å². The van der Waals surface area contributed by atoms with Gasteiger partial charge in [-0.05, 0) is 36.8 Å². The van der Waals surface area contributed by atoms with Crippen LogP contribution in [-0.4, -0.2) is 19.7 Å². The van der Waals surface area contributed by atoms with Crippen LogP contribution in [0.15, 0.2) is 59.7 Å². The van der Waals surface area contributed by atoms with E-state index in [0.717, 1.165) is 0 Å². The first kappa shape index (κ1) is 18.8. The second-order valence-corrected chi connectivity index (χ2v) is 6.83. The molecule has 0 aliphatic carbocycles. The lowest BCUT2D eigenvalue weighted by atomic mass is 10.0. The number of aromatic nitrogens is 4. The van der Waals surface area contributed by atoms with Gasteiger partial charge in [0.15, 0.2) is 5.82 Å². The van der Waals surface area contributed by atoms with Crippen LogP contribution in [0, 0.1) is 0 Å². The van der Waals surface area contributed by atoms with Gasteiger partial charge in [-0.15, -0.1) is 5.10 Å². The monoisotopic (exact) mass is 395 g/mol. The van der Waals surface area contributed by atoms with Crippen LogP contribution in [0.4, 0.5) is 14.6 Å². The van der Waals surface area contributed by atoms with Crippen molar-refractivity contribution in [2.75, 3.05) is 5.32 Å². The SMILES string of the molecule is C[C@@H](Nc1nncc2c1cc(-c1ccc[nH]1)c(=O)n2C)c1cccc(C(F)F)c1. The summed E-state index contributed by atoms with van der Waals surface area (Å²) in [6.07, 6.45) is 0.751. The largest absolute Gasteiger partial charge is 0.361 e. The number of rotatable bonds is 5. The van der Waals surface area contributed by atoms with Gasteiger partial charge in [-0.3, -0.25) is 4.79 Å². The van der Waals surface area contributed by atoms with Crippen molar-refractivity contribution in [3.05, 3.63) is 76.3 Å². The number of aromatic amines is 1. The molecule has 148 valence electrons. The number of hydrogen-bond donors (Lipinski definition) is 2. The fourth-order valence-corrected chi connectivity index (χ4v) is 3.34. The predicted molar refractivity (Wildman–Crippen MR) is 108 cm³/mol. The molecule has 0 aliphatic rings. The summed E-state index contributed by atoms with van der Waals surface area (Å²) < 4.78 is 27.6. The average Bonchev–Trinajstić information content (AvgIpc) is 3.25. The first-order chi connectivity index (χ1) is 14.0. The van der Waals surface area contributed by atoms with Gasteiger partial charge in [0.1, 0.15) is 0 Å². The highest BCUT2D eigenvalue weighted by Gasteiger charge is 2.16. The molecule has 0 fully saturated rings. The van der Waals surface area contributed by atoms with Gasteiger partial charge in [0, 0.05) is 24.2 Å². The summed E-state index contributed by atoms with van der Waals surface area (Å²) in [5, 5.41) is 12.1. The number of fused-ring (bicyclic) bond motifs is 1. The van der Waals surface area contributed by atoms with Crippen molar-refractivity contribution in [2.45, 2.75) is 19.4 Å². The molecule has 0 unspecified atom stereocenters. The summed E-state index contributed by atoms with van der Waals surface area (Å²) >= 11 is 0. The molecule has 1 aromatic carbocycles. The van der Waals surface area contributed by atoms with Crippen LogP contribution < -0.4 is 10.9 Å². The van der Waals surface area contributed by atoms with E-state index in [-0.39, 0.29) is 17.2 Å². The number of H-pyrrole nitrogens is 1. The molecular weight excluding hydrogens is 376 g/mol. The first-order valence-electron chi connectivity index (χ1n) is 9.09. The predicted octanol–water partition coefficient (Wildman–Crippen LogP) is 4.43. The highest BCUT2D eigenvalue weighted by atomic mass is 19.3. The summed E-state index contributed by atoms with van der Waals surface area (Å²) in [7, 11) is 1.68. The second-order valence-electron chi connectivity index (χ2n) is 6.83. The quantitative estimate of drug-likeness (QED) is 0.524. The Bertz CT molecular complexity index is 1220. The van der Waals surface area contributed by atoms with Crippen molar-refractivity contribution in [1.82, 2.24) is 19.7 Å². The van der Waals surface area contributed by atoms with Gasteiger partial charge in [0.05, 0.1) is 29.0 Å². The molecule has 2 N–H and O–H groups in total. The number of hydrogen-bond acceptors (Lipinski definition) is 4. The zero-order chi connectivity index (χ0) is 20.5. The van der Waals surface area contributed by atoms with Gasteiger partial charge in [0.25, 0.3) is 12.0 Å². The molecule has 1 atom stereocenters. The van der Waals surface area contributed by atoms with E-state index in [1.54, 1.807) is 31.4 Å². The highest BCUT2D eigenvalue weighted by Crippen LogP contribution is 2.28. The molecule has 4 rings (SSSR count). The minimum absolute atomic E-state index is 0.0309. The van der Waals surface area contributed by atoms with Gasteiger partial charge in [-0.1, -0.05) is 18.2 Å². The Labute approximate surface area is 165 Å². The third-order valence-electron chi connectivity index (χ3n) is 4.96. The number of alkyl halides is 2. The van der Waals surface area contributed by atoms with Crippen LogP contribution in [0.2, 0.25) is 0 Å². The molecule has 29 heavy (non-hydrogen) atoms. The van der Waals surface area contributed by atoms with Gasteiger partial charge in [-0.2, -0.15) is 5.10 Å². The maximum Gasteiger partial charge on any atom is 0.263 e. The molecule has 3 aromatic heterocycles. The number of benzene rings is 1. The number of pyridine rings is 1. The fraction of sp³-hybridized carbons (Fsp3) is 0.190. The first-order valence-corrected chi connectivity index (χ1v) is 9.09. The van der Waals surface area contributed by atoms with Crippen molar-refractivity contribution >= 4 is 16.7 Å². The molecule has 0 saturated carbocycles. The van der Waals surface area contributed by atoms with E-state index in [0.29, 0.717) is 33.5 Å². The maximum absolute atomic E-state index is 13.0. The zero-order valence-electron chi connectivity index (χ0n) is 15.9. The fourth-order valence-electron chi connectivity index (χ4n) is 3.34. The smallest absolute Gasteiger partial charge is 0.263 e. The molecule has 0 spiro atoms. The van der Waals surface area contributed by atoms with E-state index >= 15 is 0 Å². The molecular formula is C21H19F2N5O. The molecule has 6 nitrogen and oxygen atoms in total. The zero-order valence-corrected chi connectivity index (χ0v) is 15.9. The summed E-state index contributed by atoms with van der Waals surface area (Å²) in [5.41, 5.74) is 2.35. The van der Waals surface area contributed by atoms with E-state index in [1.165, 1.54) is 22.9 Å². The van der Waals surface area contributed by atoms with Crippen molar-refractivity contribution in [1.29, 1.82) is 0 Å². The van der Waals surface area contributed by atoms with Crippen molar-refractivity contribution in [2.24, 2.45) is 7.05 Å². The molecule has 4 aromatic rings. The Morgan fingerprint density at radius 2 is 1.93 bits per heavy atom. The van der Waals surface area contributed by atoms with E-state index in [2.05, 4.69) is 20.5 Å². The Hall–Kier alpha value is -3.55. The lowest BCUT2D eigenvalue weighted by molar-refractivity contribution is 0.151. The average molecular weight is 395 g/mol. The van der Waals surface area contributed by atoms with E-state index in [9.17, 15) is 13.6 Å². The van der Waals surface area contributed by atoms with Gasteiger partial charge in [0.2, 0.25) is 0 Å². The number of anilines is 1. The van der Waals surface area contributed by atoms with Crippen molar-refractivity contribution in [3.8, 4) is 11.3 Å². The Morgan fingerprint density at radius 3 is 2.66 bits per heavy atom. The minimum Gasteiger partial charge on any atom is -0.361 e. The lowest BCUT2D eigenvalue weighted by Crippen LogP contribution is -2.20. The third kappa shape index (κ3) is 3.49. The molecule has 3 heterocycles. The van der Waals surface area contributed by atoms with E-state index in [1.807, 2.05) is 19.1 Å². The van der Waals surface area contributed by atoms with E-state index in [4.69, 9.17) is 0 Å². The molecule has 0 saturated heterocycles. The van der Waals surface area contributed by atoms with Crippen LogP contribution in [0.1, 0.15) is 30.5 Å². The number of halogens is 2. The van der Waals surface area contributed by atoms with Crippen molar-refractivity contribution < 1.29 is 8.78 Å². The van der Waals surface area contributed by atoms with Crippen LogP contribution >= 0.6 is 0 Å². The van der Waals surface area contributed by atoms with Crippen LogP contribution in [0.3, 0.4) is 0 Å². The van der Waals surface area contributed by atoms with E-state index < -0.39 is 6.43 Å². The third-order valence-corrected chi connectivity index (χ3v) is 4.96. The van der Waals surface area contributed by atoms with Gasteiger partial charge < -0.3 is 14.9 Å². The molecule has 0 aliphatic heterocycles. The summed E-state index contributed by atoms with van der Waals surface area (Å²) in [5.74, 6) is 0.473. The summed E-state index contributed by atoms with van der Waals surface area (Å²) in [4.78, 5) is 15.8. The summed E-state index contributed by atoms with van der Waals surface area (Å²) in [6, 6.07) is 11.4. The summed E-state index contributed by atoms with van der Waals surface area (Å²) in [6.45, 7) is 1.86. The second kappa shape index (κ2) is 7.46. The number of nitrogens with one attached hydrogen (secondary N) is 2.